The number of hydrogen-bond donors (Lipinski definition) is 2. The summed E-state index contributed by atoms with van der Waals surface area (Å²) in [5.41, 5.74) is 4.30. The number of anilines is 2. The average molecular weight is 947 g/mol. The van der Waals surface area contributed by atoms with Gasteiger partial charge in [-0.3, -0.25) is 29.4 Å². The Morgan fingerprint density at radius 1 is 0.855 bits per heavy atom. The van der Waals surface area contributed by atoms with Crippen molar-refractivity contribution in [3.63, 3.8) is 0 Å². The first-order valence-electron chi connectivity index (χ1n) is 24.2. The SMILES string of the molecule is C=CC(=O)N1CCN(c2nc(O[C@H](C)CN3CCC(OCCOCCOCCOc4ccc5c(c4)CN(C4CCC(=O)NC4=O)C5=O)CC3)nc3c2CCN(c2cc(O)cc4ccccc24)C3)CC1. The highest BCUT2D eigenvalue weighted by Gasteiger charge is 2.39. The van der Waals surface area contributed by atoms with Crippen LogP contribution in [0.15, 0.2) is 67.3 Å². The lowest BCUT2D eigenvalue weighted by Crippen LogP contribution is -2.52. The minimum atomic E-state index is -0.651. The first-order chi connectivity index (χ1) is 33.6. The molecule has 0 spiro atoms. The number of benzene rings is 3. The number of likely N-dealkylation sites (tertiary alicyclic amines) is 1. The van der Waals surface area contributed by atoms with Crippen molar-refractivity contribution < 1.29 is 48.0 Å². The third kappa shape index (κ3) is 11.4. The highest BCUT2D eigenvalue weighted by atomic mass is 16.6. The molecule has 18 nitrogen and oxygen atoms in total. The third-order valence-corrected chi connectivity index (χ3v) is 13.6. The lowest BCUT2D eigenvalue weighted by Gasteiger charge is -2.38. The number of nitrogens with zero attached hydrogens (tertiary/aromatic N) is 7. The van der Waals surface area contributed by atoms with Crippen LogP contribution in [0.3, 0.4) is 0 Å². The minimum Gasteiger partial charge on any atom is -0.508 e. The van der Waals surface area contributed by atoms with Gasteiger partial charge in [-0.05, 0) is 73.9 Å². The van der Waals surface area contributed by atoms with Crippen LogP contribution in [0.25, 0.3) is 10.8 Å². The molecule has 5 aliphatic rings. The molecule has 1 aromatic heterocycles. The number of carbonyl (C=O) groups excluding carboxylic acids is 4. The number of nitrogens with one attached hydrogen (secondary N) is 1. The summed E-state index contributed by atoms with van der Waals surface area (Å²) in [6.45, 7) is 14.8. The number of amides is 4. The number of piperidine rings is 2. The van der Waals surface area contributed by atoms with E-state index < -0.39 is 11.9 Å². The number of phenolic OH excluding ortho intramolecular Hbond substituents is 1. The number of carbonyl (C=O) groups is 4. The van der Waals surface area contributed by atoms with Crippen LogP contribution in [0.5, 0.6) is 17.5 Å². The summed E-state index contributed by atoms with van der Waals surface area (Å²) >= 11 is 0. The van der Waals surface area contributed by atoms with Gasteiger partial charge >= 0.3 is 6.01 Å². The molecule has 18 heteroatoms. The number of ether oxygens (including phenoxy) is 5. The molecule has 0 aliphatic carbocycles. The highest BCUT2D eigenvalue weighted by molar-refractivity contribution is 6.05. The van der Waals surface area contributed by atoms with Crippen molar-refractivity contribution in [2.24, 2.45) is 0 Å². The molecule has 2 atom stereocenters. The van der Waals surface area contributed by atoms with E-state index in [2.05, 4.69) is 39.6 Å². The number of aromatic hydroxyl groups is 1. The zero-order valence-electron chi connectivity index (χ0n) is 39.3. The number of rotatable bonds is 19. The largest absolute Gasteiger partial charge is 0.508 e. The molecule has 3 saturated heterocycles. The topological polar surface area (TPSA) is 189 Å². The summed E-state index contributed by atoms with van der Waals surface area (Å²) < 4.78 is 30.0. The Balaban J connectivity index is 0.683. The number of imide groups is 1. The first kappa shape index (κ1) is 47.7. The summed E-state index contributed by atoms with van der Waals surface area (Å²) in [6.07, 6.45) is 4.45. The van der Waals surface area contributed by atoms with E-state index in [0.717, 1.165) is 84.5 Å². The number of piperazine rings is 1. The lowest BCUT2D eigenvalue weighted by molar-refractivity contribution is -0.137. The highest BCUT2D eigenvalue weighted by Crippen LogP contribution is 2.37. The number of aromatic nitrogens is 2. The summed E-state index contributed by atoms with van der Waals surface area (Å²) in [4.78, 5) is 69.5. The van der Waals surface area contributed by atoms with Gasteiger partial charge in [0, 0.05) is 93.6 Å². The second kappa shape index (κ2) is 22.0. The predicted molar refractivity (Wildman–Crippen MR) is 257 cm³/mol. The van der Waals surface area contributed by atoms with E-state index in [1.54, 1.807) is 18.2 Å². The van der Waals surface area contributed by atoms with E-state index in [0.29, 0.717) is 103 Å². The van der Waals surface area contributed by atoms with Crippen molar-refractivity contribution in [3.05, 3.63) is 89.6 Å². The molecule has 4 aromatic rings. The van der Waals surface area contributed by atoms with Crippen molar-refractivity contribution in [2.75, 3.05) is 102 Å². The van der Waals surface area contributed by atoms with Crippen LogP contribution in [0.2, 0.25) is 0 Å². The fraction of sp³-hybridized carbons (Fsp3) is 0.490. The molecule has 0 radical (unpaired) electrons. The molecular weight excluding hydrogens is 885 g/mol. The molecule has 0 saturated carbocycles. The molecule has 3 aromatic carbocycles. The number of fused-ring (bicyclic) bond motifs is 3. The summed E-state index contributed by atoms with van der Waals surface area (Å²) in [6, 6.07) is 16.7. The second-order valence-corrected chi connectivity index (χ2v) is 18.2. The summed E-state index contributed by atoms with van der Waals surface area (Å²) in [5.74, 6) is 0.695. The van der Waals surface area contributed by atoms with E-state index >= 15 is 0 Å². The number of phenols is 1. The fourth-order valence-corrected chi connectivity index (χ4v) is 10.0. The van der Waals surface area contributed by atoms with E-state index in [1.165, 1.54) is 11.0 Å². The van der Waals surface area contributed by atoms with Gasteiger partial charge in [0.1, 0.15) is 36.1 Å². The van der Waals surface area contributed by atoms with Gasteiger partial charge in [0.2, 0.25) is 17.7 Å². The van der Waals surface area contributed by atoms with Gasteiger partial charge in [-0.25, -0.2) is 0 Å². The van der Waals surface area contributed by atoms with Crippen LogP contribution < -0.4 is 24.6 Å². The Bertz CT molecular complexity index is 2530. The lowest BCUT2D eigenvalue weighted by atomic mass is 10.0. The van der Waals surface area contributed by atoms with Gasteiger partial charge < -0.3 is 48.4 Å². The molecule has 366 valence electrons. The van der Waals surface area contributed by atoms with Crippen LogP contribution in [0, 0.1) is 0 Å². The monoisotopic (exact) mass is 946 g/mol. The number of hydrogen-bond acceptors (Lipinski definition) is 15. The van der Waals surface area contributed by atoms with E-state index in [9.17, 15) is 24.3 Å². The predicted octanol–water partition coefficient (Wildman–Crippen LogP) is 3.85. The molecule has 5 aliphatic heterocycles. The summed E-state index contributed by atoms with van der Waals surface area (Å²) in [5, 5.41) is 15.0. The average Bonchev–Trinajstić information content (AvgIpc) is 3.68. The Morgan fingerprint density at radius 3 is 2.41 bits per heavy atom. The van der Waals surface area contributed by atoms with Crippen molar-refractivity contribution >= 4 is 45.9 Å². The molecule has 0 bridgehead atoms. The zero-order chi connectivity index (χ0) is 47.9. The van der Waals surface area contributed by atoms with Crippen molar-refractivity contribution in [3.8, 4) is 17.5 Å². The molecule has 1 unspecified atom stereocenters. The van der Waals surface area contributed by atoms with Crippen LogP contribution in [0.4, 0.5) is 11.5 Å². The Hall–Kier alpha value is -6.34. The van der Waals surface area contributed by atoms with E-state index in [-0.39, 0.29) is 42.1 Å². The standard InChI is InChI=1S/C51H62N8O10/c1-3-47(62)56-18-20-57(21-19-56)48-42-14-17-58(45-30-37(60)28-35-6-4-5-7-40(35)45)33-43(42)52-51(54-48)69-34(2)31-55-15-12-38(13-16-55)67-26-24-65-22-23-66-25-27-68-39-8-9-41-36(29-39)32-59(50(41)64)44-10-11-46(61)53-49(44)63/h3-9,28-30,34,38,44,60H,1,10-27,31-33H2,2H3,(H,53,61,63)/t34-,44?/m1/s1. The maximum Gasteiger partial charge on any atom is 0.318 e. The summed E-state index contributed by atoms with van der Waals surface area (Å²) in [7, 11) is 0. The van der Waals surface area contributed by atoms with Crippen molar-refractivity contribution in [2.45, 2.75) is 70.4 Å². The van der Waals surface area contributed by atoms with Crippen molar-refractivity contribution in [1.82, 2.24) is 30.0 Å². The molecule has 4 amide bonds. The zero-order valence-corrected chi connectivity index (χ0v) is 39.3. The molecule has 2 N–H and O–H groups in total. The Labute approximate surface area is 402 Å². The Morgan fingerprint density at radius 2 is 1.62 bits per heavy atom. The van der Waals surface area contributed by atoms with Gasteiger partial charge in [-0.1, -0.05) is 30.8 Å². The van der Waals surface area contributed by atoms with Crippen LogP contribution in [-0.4, -0.2) is 164 Å². The van der Waals surface area contributed by atoms with Crippen LogP contribution >= 0.6 is 0 Å². The fourth-order valence-electron chi connectivity index (χ4n) is 10.0. The van der Waals surface area contributed by atoms with Gasteiger partial charge in [-0.15, -0.1) is 0 Å². The van der Waals surface area contributed by atoms with Gasteiger partial charge in [0.15, 0.2) is 0 Å². The van der Waals surface area contributed by atoms with E-state index in [1.807, 2.05) is 35.2 Å². The second-order valence-electron chi connectivity index (χ2n) is 18.2. The normalized spacial score (nSPS) is 19.4. The maximum atomic E-state index is 12.9. The molecular formula is C51H62N8O10. The van der Waals surface area contributed by atoms with Crippen LogP contribution in [-0.2, 0) is 48.1 Å². The smallest absolute Gasteiger partial charge is 0.318 e. The van der Waals surface area contributed by atoms with Crippen LogP contribution in [0.1, 0.15) is 59.8 Å². The molecule has 9 rings (SSSR count). The van der Waals surface area contributed by atoms with Crippen molar-refractivity contribution in [1.29, 1.82) is 0 Å². The minimum absolute atomic E-state index is 0.0609. The quantitative estimate of drug-likeness (QED) is 0.0784. The van der Waals surface area contributed by atoms with E-state index in [4.69, 9.17) is 33.7 Å². The Kier molecular flexibility index (Phi) is 15.2. The van der Waals surface area contributed by atoms with Gasteiger partial charge in [-0.2, -0.15) is 9.97 Å². The molecule has 3 fully saturated rings. The first-order valence-corrected chi connectivity index (χ1v) is 24.2. The third-order valence-electron chi connectivity index (χ3n) is 13.6. The maximum absolute atomic E-state index is 12.9. The van der Waals surface area contributed by atoms with Gasteiger partial charge in [0.05, 0.1) is 51.4 Å². The molecule has 69 heavy (non-hydrogen) atoms. The molecule has 6 heterocycles. The van der Waals surface area contributed by atoms with Gasteiger partial charge in [0.25, 0.3) is 5.91 Å².